The van der Waals surface area contributed by atoms with E-state index in [9.17, 15) is 14.4 Å². The largest absolute Gasteiger partial charge is 0.480 e. The van der Waals surface area contributed by atoms with E-state index in [4.69, 9.17) is 9.84 Å². The van der Waals surface area contributed by atoms with E-state index in [0.717, 1.165) is 4.90 Å². The van der Waals surface area contributed by atoms with Gasteiger partial charge >= 0.3 is 18.0 Å². The van der Waals surface area contributed by atoms with Gasteiger partial charge in [-0.2, -0.15) is 0 Å². The molecule has 0 bridgehead atoms. The van der Waals surface area contributed by atoms with Gasteiger partial charge in [-0.15, -0.1) is 0 Å². The summed E-state index contributed by atoms with van der Waals surface area (Å²) in [5.41, 5.74) is -0.719. The molecule has 1 amide bonds. The number of carboxylic acids is 1. The molecule has 19 heavy (non-hydrogen) atoms. The Morgan fingerprint density at radius 3 is 2.26 bits per heavy atom. The van der Waals surface area contributed by atoms with Gasteiger partial charge in [-0.05, 0) is 27.2 Å². The molecular formula is C12H19NO6. The molecule has 2 atom stereocenters. The van der Waals surface area contributed by atoms with Crippen LogP contribution >= 0.6 is 0 Å². The minimum atomic E-state index is -1.16. The van der Waals surface area contributed by atoms with Crippen molar-refractivity contribution in [2.24, 2.45) is 5.92 Å². The summed E-state index contributed by atoms with van der Waals surface area (Å²) < 4.78 is 9.72. The molecule has 0 spiro atoms. The molecule has 0 aromatic heterocycles. The SMILES string of the molecule is COC(=O)C1C[C@@H](C(=O)O)N(C(=O)OC(C)(C)C)C1. The van der Waals surface area contributed by atoms with E-state index in [1.165, 1.54) is 7.11 Å². The van der Waals surface area contributed by atoms with Gasteiger partial charge in [0.15, 0.2) is 0 Å². The normalized spacial score (nSPS) is 23.1. The molecule has 1 saturated heterocycles. The quantitative estimate of drug-likeness (QED) is 0.750. The van der Waals surface area contributed by atoms with E-state index in [1.54, 1.807) is 20.8 Å². The third kappa shape index (κ3) is 3.84. The van der Waals surface area contributed by atoms with Gasteiger partial charge in [0.25, 0.3) is 0 Å². The molecule has 0 aliphatic carbocycles. The lowest BCUT2D eigenvalue weighted by Crippen LogP contribution is -2.43. The highest BCUT2D eigenvalue weighted by molar-refractivity contribution is 5.84. The Kier molecular flexibility index (Phi) is 4.39. The first-order valence-electron chi connectivity index (χ1n) is 5.96. The van der Waals surface area contributed by atoms with Crippen LogP contribution in [0.15, 0.2) is 0 Å². The monoisotopic (exact) mass is 273 g/mol. The second-order valence-electron chi connectivity index (χ2n) is 5.44. The number of hydrogen-bond acceptors (Lipinski definition) is 5. The van der Waals surface area contributed by atoms with Crippen LogP contribution in [0.1, 0.15) is 27.2 Å². The van der Waals surface area contributed by atoms with Crippen LogP contribution in [0.4, 0.5) is 4.79 Å². The molecule has 0 aromatic rings. The maximum atomic E-state index is 11.9. The van der Waals surface area contributed by atoms with Crippen LogP contribution in [0.5, 0.6) is 0 Å². The Hall–Kier alpha value is -1.79. The Morgan fingerprint density at radius 1 is 1.26 bits per heavy atom. The lowest BCUT2D eigenvalue weighted by molar-refractivity contribution is -0.144. The third-order valence-corrected chi connectivity index (χ3v) is 2.75. The van der Waals surface area contributed by atoms with E-state index < -0.39 is 35.6 Å². The first-order chi connectivity index (χ1) is 8.65. The highest BCUT2D eigenvalue weighted by Crippen LogP contribution is 2.26. The summed E-state index contributed by atoms with van der Waals surface area (Å²) in [5.74, 6) is -2.30. The minimum absolute atomic E-state index is 0.00144. The Balaban J connectivity index is 2.82. The van der Waals surface area contributed by atoms with E-state index in [0.29, 0.717) is 0 Å². The highest BCUT2D eigenvalue weighted by atomic mass is 16.6. The number of rotatable bonds is 2. The zero-order chi connectivity index (χ0) is 14.8. The van der Waals surface area contributed by atoms with Crippen molar-refractivity contribution in [1.82, 2.24) is 4.90 Å². The topological polar surface area (TPSA) is 93.1 Å². The molecule has 1 heterocycles. The van der Waals surface area contributed by atoms with Gasteiger partial charge in [-0.3, -0.25) is 9.69 Å². The van der Waals surface area contributed by atoms with Crippen molar-refractivity contribution in [3.8, 4) is 0 Å². The number of aliphatic carboxylic acids is 1. The lowest BCUT2D eigenvalue weighted by atomic mass is 10.1. The fraction of sp³-hybridized carbons (Fsp3) is 0.750. The number of methoxy groups -OCH3 is 1. The molecule has 108 valence electrons. The van der Waals surface area contributed by atoms with Crippen LogP contribution < -0.4 is 0 Å². The smallest absolute Gasteiger partial charge is 0.411 e. The molecule has 1 aliphatic rings. The van der Waals surface area contributed by atoms with Crippen molar-refractivity contribution in [1.29, 1.82) is 0 Å². The molecule has 1 fully saturated rings. The summed E-state index contributed by atoms with van der Waals surface area (Å²) in [7, 11) is 1.23. The van der Waals surface area contributed by atoms with Crippen LogP contribution in [0, 0.1) is 5.92 Å². The van der Waals surface area contributed by atoms with Crippen molar-refractivity contribution in [2.45, 2.75) is 38.8 Å². The van der Waals surface area contributed by atoms with E-state index in [-0.39, 0.29) is 13.0 Å². The number of amides is 1. The number of likely N-dealkylation sites (tertiary alicyclic amines) is 1. The number of esters is 1. The predicted molar refractivity (Wildman–Crippen MR) is 64.5 cm³/mol. The van der Waals surface area contributed by atoms with Crippen molar-refractivity contribution in [3.63, 3.8) is 0 Å². The lowest BCUT2D eigenvalue weighted by Gasteiger charge is -2.26. The second kappa shape index (κ2) is 5.46. The summed E-state index contributed by atoms with van der Waals surface area (Å²) in [6.45, 7) is 5.07. The maximum Gasteiger partial charge on any atom is 0.411 e. The van der Waals surface area contributed by atoms with Gasteiger partial charge in [0.05, 0.1) is 13.0 Å². The maximum absolute atomic E-state index is 11.9. The van der Waals surface area contributed by atoms with E-state index in [1.807, 2.05) is 0 Å². The molecule has 1 rings (SSSR count). The molecule has 7 nitrogen and oxygen atoms in total. The van der Waals surface area contributed by atoms with Crippen LogP contribution in [0.25, 0.3) is 0 Å². The first kappa shape index (κ1) is 15.3. The molecule has 1 unspecified atom stereocenters. The van der Waals surface area contributed by atoms with Gasteiger partial charge in [-0.25, -0.2) is 9.59 Å². The first-order valence-corrected chi connectivity index (χ1v) is 5.96. The molecule has 0 aromatic carbocycles. The van der Waals surface area contributed by atoms with Crippen LogP contribution in [-0.2, 0) is 19.1 Å². The molecule has 7 heteroatoms. The predicted octanol–water partition coefficient (Wildman–Crippen LogP) is 0.870. The third-order valence-electron chi connectivity index (χ3n) is 2.75. The van der Waals surface area contributed by atoms with Crippen LogP contribution in [-0.4, -0.2) is 53.3 Å². The van der Waals surface area contributed by atoms with Gasteiger partial charge in [0, 0.05) is 6.54 Å². The number of carbonyl (C=O) groups excluding carboxylic acids is 2. The average Bonchev–Trinajstić information content (AvgIpc) is 2.70. The number of nitrogens with zero attached hydrogens (tertiary/aromatic N) is 1. The van der Waals surface area contributed by atoms with Gasteiger partial charge in [-0.1, -0.05) is 0 Å². The number of ether oxygens (including phenoxy) is 2. The Labute approximate surface area is 111 Å². The highest BCUT2D eigenvalue weighted by Gasteiger charge is 2.44. The van der Waals surface area contributed by atoms with Crippen LogP contribution in [0.3, 0.4) is 0 Å². The average molecular weight is 273 g/mol. The zero-order valence-electron chi connectivity index (χ0n) is 11.5. The molecule has 1 N–H and O–H groups in total. The standard InChI is InChI=1S/C12H19NO6/c1-12(2,3)19-11(17)13-6-7(10(16)18-4)5-8(13)9(14)15/h7-8H,5-6H2,1-4H3,(H,14,15)/t7?,8-/m0/s1. The van der Waals surface area contributed by atoms with Gasteiger partial charge in [0.1, 0.15) is 11.6 Å². The van der Waals surface area contributed by atoms with E-state index >= 15 is 0 Å². The van der Waals surface area contributed by atoms with Gasteiger partial charge in [0.2, 0.25) is 0 Å². The van der Waals surface area contributed by atoms with Crippen molar-refractivity contribution in [3.05, 3.63) is 0 Å². The van der Waals surface area contributed by atoms with Gasteiger partial charge < -0.3 is 14.6 Å². The molecule has 1 aliphatic heterocycles. The summed E-state index contributed by atoms with van der Waals surface area (Å²) in [4.78, 5) is 35.6. The van der Waals surface area contributed by atoms with Crippen molar-refractivity contribution >= 4 is 18.0 Å². The Bertz CT molecular complexity index is 386. The number of hydrogen-bond donors (Lipinski definition) is 1. The fourth-order valence-corrected chi connectivity index (χ4v) is 1.93. The summed E-state index contributed by atoms with van der Waals surface area (Å²) in [6.07, 6.45) is -0.687. The zero-order valence-corrected chi connectivity index (χ0v) is 11.5. The number of carboxylic acid groups (broad SMARTS) is 1. The molecule has 0 saturated carbocycles. The summed E-state index contributed by atoms with van der Waals surface area (Å²) in [5, 5.41) is 9.10. The molecular weight excluding hydrogens is 254 g/mol. The fourth-order valence-electron chi connectivity index (χ4n) is 1.93. The Morgan fingerprint density at radius 2 is 1.84 bits per heavy atom. The van der Waals surface area contributed by atoms with E-state index in [2.05, 4.69) is 4.74 Å². The van der Waals surface area contributed by atoms with Crippen molar-refractivity contribution < 1.29 is 29.0 Å². The second-order valence-corrected chi connectivity index (χ2v) is 5.44. The van der Waals surface area contributed by atoms with Crippen LogP contribution in [0.2, 0.25) is 0 Å². The summed E-state index contributed by atoms with van der Waals surface area (Å²) >= 11 is 0. The summed E-state index contributed by atoms with van der Waals surface area (Å²) in [6, 6.07) is -1.06. The van der Waals surface area contributed by atoms with Crippen molar-refractivity contribution in [2.75, 3.05) is 13.7 Å². The molecule has 0 radical (unpaired) electrons. The number of carbonyl (C=O) groups is 3. The minimum Gasteiger partial charge on any atom is -0.480 e.